The van der Waals surface area contributed by atoms with Gasteiger partial charge in [-0.25, -0.2) is 0 Å². The van der Waals surface area contributed by atoms with Crippen molar-refractivity contribution in [2.45, 2.75) is 32.2 Å². The van der Waals surface area contributed by atoms with Crippen LogP contribution in [-0.4, -0.2) is 48.0 Å². The first-order chi connectivity index (χ1) is 9.65. The van der Waals surface area contributed by atoms with Crippen molar-refractivity contribution in [1.82, 2.24) is 14.7 Å². The lowest BCUT2D eigenvalue weighted by molar-refractivity contribution is 0.0506. The Hall–Kier alpha value is -0.910. The minimum atomic E-state index is 0.265. The Kier molecular flexibility index (Phi) is 5.57. The third-order valence-electron chi connectivity index (χ3n) is 4.27. The predicted octanol–water partition coefficient (Wildman–Crippen LogP) is 1.34. The van der Waals surface area contributed by atoms with Crippen LogP contribution in [0, 0.1) is 5.92 Å². The zero-order valence-corrected chi connectivity index (χ0v) is 13.0. The number of ether oxygens (including phenoxy) is 1. The van der Waals surface area contributed by atoms with Gasteiger partial charge in [-0.3, -0.25) is 9.58 Å². The summed E-state index contributed by atoms with van der Waals surface area (Å²) in [6.07, 6.45) is 5.40. The molecule has 0 saturated carbocycles. The van der Waals surface area contributed by atoms with Crippen molar-refractivity contribution in [2.75, 3.05) is 33.4 Å². The second kappa shape index (κ2) is 7.20. The van der Waals surface area contributed by atoms with E-state index >= 15 is 0 Å². The van der Waals surface area contributed by atoms with Gasteiger partial charge in [-0.1, -0.05) is 6.92 Å². The number of nitrogens with two attached hydrogens (primary N) is 1. The smallest absolute Gasteiger partial charge is 0.0670 e. The van der Waals surface area contributed by atoms with E-state index in [9.17, 15) is 0 Å². The van der Waals surface area contributed by atoms with Crippen molar-refractivity contribution >= 4 is 0 Å². The van der Waals surface area contributed by atoms with E-state index in [1.807, 2.05) is 11.7 Å². The molecule has 1 fully saturated rings. The van der Waals surface area contributed by atoms with Crippen LogP contribution < -0.4 is 5.73 Å². The van der Waals surface area contributed by atoms with Gasteiger partial charge in [0.2, 0.25) is 0 Å². The molecule has 2 N–H and O–H groups in total. The van der Waals surface area contributed by atoms with E-state index in [2.05, 4.69) is 30.2 Å². The van der Waals surface area contributed by atoms with Crippen LogP contribution in [0.4, 0.5) is 0 Å². The third kappa shape index (κ3) is 3.59. The van der Waals surface area contributed by atoms with E-state index < -0.39 is 0 Å². The van der Waals surface area contributed by atoms with Crippen molar-refractivity contribution in [3.63, 3.8) is 0 Å². The molecule has 0 amide bonds. The molecule has 1 aliphatic heterocycles. The van der Waals surface area contributed by atoms with Gasteiger partial charge in [0, 0.05) is 45.1 Å². The highest BCUT2D eigenvalue weighted by atomic mass is 16.5. The molecule has 0 spiro atoms. The number of hydrogen-bond donors (Lipinski definition) is 1. The number of aryl methyl sites for hydroxylation is 2. The average molecular weight is 280 g/mol. The van der Waals surface area contributed by atoms with Crippen molar-refractivity contribution < 1.29 is 4.74 Å². The molecular formula is C15H28N4O. The Morgan fingerprint density at radius 2 is 2.20 bits per heavy atom. The predicted molar refractivity (Wildman–Crippen MR) is 80.6 cm³/mol. The summed E-state index contributed by atoms with van der Waals surface area (Å²) in [7, 11) is 4.16. The molecule has 114 valence electrons. The maximum Gasteiger partial charge on any atom is 0.0670 e. The van der Waals surface area contributed by atoms with Gasteiger partial charge in [0.15, 0.2) is 0 Å². The first-order valence-corrected chi connectivity index (χ1v) is 7.66. The van der Waals surface area contributed by atoms with E-state index in [1.165, 1.54) is 11.3 Å². The fourth-order valence-corrected chi connectivity index (χ4v) is 3.11. The molecule has 20 heavy (non-hydrogen) atoms. The topological polar surface area (TPSA) is 56.3 Å². The summed E-state index contributed by atoms with van der Waals surface area (Å²) in [6, 6.07) is 0.265. The van der Waals surface area contributed by atoms with Gasteiger partial charge in [0.05, 0.1) is 11.7 Å². The fourth-order valence-electron chi connectivity index (χ4n) is 3.11. The van der Waals surface area contributed by atoms with Crippen molar-refractivity contribution in [3.8, 4) is 0 Å². The molecule has 0 radical (unpaired) electrons. The first-order valence-electron chi connectivity index (χ1n) is 7.66. The summed E-state index contributed by atoms with van der Waals surface area (Å²) in [4.78, 5) is 2.40. The van der Waals surface area contributed by atoms with Gasteiger partial charge < -0.3 is 10.5 Å². The molecule has 0 aromatic carbocycles. The Morgan fingerprint density at radius 3 is 2.80 bits per heavy atom. The van der Waals surface area contributed by atoms with Crippen LogP contribution in [0.25, 0.3) is 0 Å². The number of likely N-dealkylation sites (N-methyl/N-ethyl adjacent to an activating group) is 1. The second-order valence-electron chi connectivity index (χ2n) is 5.81. The summed E-state index contributed by atoms with van der Waals surface area (Å²) in [5.41, 5.74) is 8.49. The Bertz CT molecular complexity index is 412. The van der Waals surface area contributed by atoms with E-state index in [0.717, 1.165) is 44.9 Å². The minimum absolute atomic E-state index is 0.265. The molecule has 1 atom stereocenters. The van der Waals surface area contributed by atoms with Gasteiger partial charge in [-0.15, -0.1) is 0 Å². The summed E-state index contributed by atoms with van der Waals surface area (Å²) >= 11 is 0. The normalized spacial score (nSPS) is 18.6. The Balaban J connectivity index is 2.05. The Morgan fingerprint density at radius 1 is 1.50 bits per heavy atom. The van der Waals surface area contributed by atoms with Crippen LogP contribution in [0.3, 0.4) is 0 Å². The quantitative estimate of drug-likeness (QED) is 0.854. The van der Waals surface area contributed by atoms with Crippen LogP contribution in [-0.2, 0) is 18.2 Å². The van der Waals surface area contributed by atoms with Crippen molar-refractivity contribution in [3.05, 3.63) is 17.5 Å². The fraction of sp³-hybridized carbons (Fsp3) is 0.800. The molecule has 1 aromatic rings. The SMILES string of the molecule is CCc1nn(C)cc1C(CN)N(C)CC1CCOCC1. The first kappa shape index (κ1) is 15.5. The highest BCUT2D eigenvalue weighted by molar-refractivity contribution is 5.22. The largest absolute Gasteiger partial charge is 0.381 e. The van der Waals surface area contributed by atoms with Crippen LogP contribution in [0.15, 0.2) is 6.20 Å². The monoisotopic (exact) mass is 280 g/mol. The number of aromatic nitrogens is 2. The molecule has 5 heteroatoms. The van der Waals surface area contributed by atoms with E-state index in [-0.39, 0.29) is 6.04 Å². The highest BCUT2D eigenvalue weighted by Crippen LogP contribution is 2.25. The van der Waals surface area contributed by atoms with E-state index in [0.29, 0.717) is 6.54 Å². The molecule has 5 nitrogen and oxygen atoms in total. The van der Waals surface area contributed by atoms with Crippen molar-refractivity contribution in [1.29, 1.82) is 0 Å². The summed E-state index contributed by atoms with van der Waals surface area (Å²) in [6.45, 7) is 5.68. The van der Waals surface area contributed by atoms with Gasteiger partial charge in [0.25, 0.3) is 0 Å². The zero-order valence-electron chi connectivity index (χ0n) is 13.0. The van der Waals surface area contributed by atoms with Crippen LogP contribution in [0.2, 0.25) is 0 Å². The van der Waals surface area contributed by atoms with Gasteiger partial charge in [-0.05, 0) is 32.2 Å². The maximum absolute atomic E-state index is 6.04. The highest BCUT2D eigenvalue weighted by Gasteiger charge is 2.24. The third-order valence-corrected chi connectivity index (χ3v) is 4.27. The number of rotatable bonds is 6. The molecule has 2 rings (SSSR count). The molecule has 1 unspecified atom stereocenters. The van der Waals surface area contributed by atoms with E-state index in [1.54, 1.807) is 0 Å². The summed E-state index contributed by atoms with van der Waals surface area (Å²) < 4.78 is 7.34. The van der Waals surface area contributed by atoms with Crippen molar-refractivity contribution in [2.24, 2.45) is 18.7 Å². The lowest BCUT2D eigenvalue weighted by atomic mass is 9.97. The molecular weight excluding hydrogens is 252 g/mol. The maximum atomic E-state index is 6.04. The van der Waals surface area contributed by atoms with Crippen LogP contribution >= 0.6 is 0 Å². The lowest BCUT2D eigenvalue weighted by Gasteiger charge is -2.32. The standard InChI is InChI=1S/C15H28N4O/c1-4-14-13(11-19(3)17-14)15(9-16)18(2)10-12-5-7-20-8-6-12/h11-12,15H,4-10,16H2,1-3H3. The molecule has 0 aliphatic carbocycles. The molecule has 2 heterocycles. The molecule has 0 bridgehead atoms. The molecule has 1 aliphatic rings. The van der Waals surface area contributed by atoms with Gasteiger partial charge in [0.1, 0.15) is 0 Å². The molecule has 1 aromatic heterocycles. The second-order valence-corrected chi connectivity index (χ2v) is 5.81. The number of nitrogens with zero attached hydrogens (tertiary/aromatic N) is 3. The zero-order chi connectivity index (χ0) is 14.5. The van der Waals surface area contributed by atoms with Crippen LogP contribution in [0.1, 0.15) is 37.1 Å². The summed E-state index contributed by atoms with van der Waals surface area (Å²) in [5, 5.41) is 4.54. The van der Waals surface area contributed by atoms with Crippen LogP contribution in [0.5, 0.6) is 0 Å². The van der Waals surface area contributed by atoms with E-state index in [4.69, 9.17) is 10.5 Å². The molecule has 1 saturated heterocycles. The van der Waals surface area contributed by atoms with Gasteiger partial charge >= 0.3 is 0 Å². The number of hydrogen-bond acceptors (Lipinski definition) is 4. The Labute approximate surface area is 122 Å². The van der Waals surface area contributed by atoms with Gasteiger partial charge in [-0.2, -0.15) is 5.10 Å². The summed E-state index contributed by atoms with van der Waals surface area (Å²) in [5.74, 6) is 0.726. The lowest BCUT2D eigenvalue weighted by Crippen LogP contribution is -2.36. The average Bonchev–Trinajstić information content (AvgIpc) is 2.81. The minimum Gasteiger partial charge on any atom is -0.381 e.